The lowest BCUT2D eigenvalue weighted by Crippen LogP contribution is -2.15. The maximum Gasteiger partial charge on any atom is 0.228 e. The smallest absolute Gasteiger partial charge is 0.228 e. The van der Waals surface area contributed by atoms with E-state index < -0.39 is 0 Å². The molecule has 6 nitrogen and oxygen atoms in total. The first kappa shape index (κ1) is 18.7. The van der Waals surface area contributed by atoms with Gasteiger partial charge in [0.15, 0.2) is 0 Å². The molecule has 1 aromatic carbocycles. The van der Waals surface area contributed by atoms with Crippen molar-refractivity contribution >= 4 is 23.4 Å². The van der Waals surface area contributed by atoms with Crippen LogP contribution in [-0.2, 0) is 11.2 Å². The van der Waals surface area contributed by atoms with Gasteiger partial charge in [0, 0.05) is 29.7 Å². The summed E-state index contributed by atoms with van der Waals surface area (Å²) in [5.74, 6) is 1.16. The number of hydrogen-bond donors (Lipinski definition) is 1. The summed E-state index contributed by atoms with van der Waals surface area (Å²) in [7, 11) is 3.16. The fourth-order valence-electron chi connectivity index (χ4n) is 2.43. The minimum Gasteiger partial charge on any atom is -0.497 e. The molecule has 0 bridgehead atoms. The molecule has 0 aliphatic heterocycles. The third kappa shape index (κ3) is 5.21. The summed E-state index contributed by atoms with van der Waals surface area (Å²) in [6.07, 6.45) is 3.59. The van der Waals surface area contributed by atoms with Crippen LogP contribution in [0.25, 0.3) is 0 Å². The van der Waals surface area contributed by atoms with Crippen molar-refractivity contribution < 1.29 is 14.3 Å². The van der Waals surface area contributed by atoms with Crippen LogP contribution in [0.15, 0.2) is 71.0 Å². The van der Waals surface area contributed by atoms with Crippen LogP contribution < -0.4 is 14.8 Å². The molecule has 1 amide bonds. The van der Waals surface area contributed by atoms with Gasteiger partial charge in [0.05, 0.1) is 20.6 Å². The number of ether oxygens (including phenoxy) is 2. The average Bonchev–Trinajstić information content (AvgIpc) is 2.69. The van der Waals surface area contributed by atoms with Gasteiger partial charge in [-0.15, -0.1) is 0 Å². The molecule has 0 saturated heterocycles. The van der Waals surface area contributed by atoms with Gasteiger partial charge in [-0.05, 0) is 30.3 Å². The van der Waals surface area contributed by atoms with Crippen LogP contribution in [0.4, 0.5) is 5.69 Å². The van der Waals surface area contributed by atoms with Crippen LogP contribution >= 0.6 is 11.8 Å². The van der Waals surface area contributed by atoms with E-state index in [1.54, 1.807) is 44.8 Å². The van der Waals surface area contributed by atoms with Crippen molar-refractivity contribution in [3.63, 3.8) is 0 Å². The summed E-state index contributed by atoms with van der Waals surface area (Å²) in [5, 5.41) is 4.50. The Morgan fingerprint density at radius 3 is 2.59 bits per heavy atom. The summed E-state index contributed by atoms with van der Waals surface area (Å²) in [4.78, 5) is 21.0. The van der Waals surface area contributed by atoms with Gasteiger partial charge in [-0.1, -0.05) is 23.9 Å². The molecule has 0 aliphatic carbocycles. The number of aromatic nitrogens is 2. The Morgan fingerprint density at radius 2 is 1.85 bits per heavy atom. The molecule has 2 aromatic heterocycles. The normalized spacial score (nSPS) is 10.3. The molecule has 7 heteroatoms. The van der Waals surface area contributed by atoms with Gasteiger partial charge in [0.2, 0.25) is 5.91 Å². The largest absolute Gasteiger partial charge is 0.497 e. The van der Waals surface area contributed by atoms with Crippen LogP contribution in [0.3, 0.4) is 0 Å². The minimum absolute atomic E-state index is 0.140. The lowest BCUT2D eigenvalue weighted by Gasteiger charge is -2.11. The van der Waals surface area contributed by atoms with Crippen molar-refractivity contribution in [2.24, 2.45) is 0 Å². The van der Waals surface area contributed by atoms with E-state index in [-0.39, 0.29) is 12.3 Å². The molecule has 0 saturated carbocycles. The lowest BCUT2D eigenvalue weighted by atomic mass is 10.1. The van der Waals surface area contributed by atoms with Gasteiger partial charge in [0.25, 0.3) is 0 Å². The zero-order valence-corrected chi connectivity index (χ0v) is 15.8. The van der Waals surface area contributed by atoms with Crippen molar-refractivity contribution in [1.82, 2.24) is 9.97 Å². The fraction of sp³-hybridized carbons (Fsp3) is 0.150. The Bertz CT molecular complexity index is 919. The Kier molecular flexibility index (Phi) is 6.27. The van der Waals surface area contributed by atoms with E-state index in [4.69, 9.17) is 9.47 Å². The van der Waals surface area contributed by atoms with E-state index in [0.717, 1.165) is 15.6 Å². The first-order chi connectivity index (χ1) is 13.2. The van der Waals surface area contributed by atoms with Gasteiger partial charge in [-0.3, -0.25) is 4.79 Å². The molecule has 138 valence electrons. The highest BCUT2D eigenvalue weighted by atomic mass is 32.2. The van der Waals surface area contributed by atoms with Crippen LogP contribution in [0.2, 0.25) is 0 Å². The van der Waals surface area contributed by atoms with Crippen LogP contribution in [0.1, 0.15) is 5.56 Å². The average molecular weight is 381 g/mol. The second kappa shape index (κ2) is 9.05. The second-order valence-corrected chi connectivity index (χ2v) is 6.60. The van der Waals surface area contributed by atoms with Crippen LogP contribution in [-0.4, -0.2) is 30.1 Å². The highest BCUT2D eigenvalue weighted by Crippen LogP contribution is 2.27. The summed E-state index contributed by atoms with van der Waals surface area (Å²) < 4.78 is 10.5. The van der Waals surface area contributed by atoms with Crippen molar-refractivity contribution in [1.29, 1.82) is 0 Å². The predicted octanol–water partition coefficient (Wildman–Crippen LogP) is 3.83. The number of nitrogens with one attached hydrogen (secondary N) is 1. The number of nitrogens with zero attached hydrogens (tertiary/aromatic N) is 2. The van der Waals surface area contributed by atoms with Gasteiger partial charge < -0.3 is 14.8 Å². The molecule has 0 radical (unpaired) electrons. The molecule has 0 aliphatic rings. The minimum atomic E-state index is -0.140. The topological polar surface area (TPSA) is 73.3 Å². The van der Waals surface area contributed by atoms with Gasteiger partial charge >= 0.3 is 0 Å². The number of carbonyl (C=O) groups excluding carboxylic acids is 1. The van der Waals surface area contributed by atoms with E-state index >= 15 is 0 Å². The number of benzene rings is 1. The van der Waals surface area contributed by atoms with E-state index in [1.807, 2.05) is 30.3 Å². The first-order valence-electron chi connectivity index (χ1n) is 8.23. The summed E-state index contributed by atoms with van der Waals surface area (Å²) in [5.41, 5.74) is 1.47. The van der Waals surface area contributed by atoms with E-state index in [0.29, 0.717) is 17.2 Å². The number of carbonyl (C=O) groups is 1. The molecule has 0 atom stereocenters. The maximum absolute atomic E-state index is 12.4. The Balaban J connectivity index is 1.67. The number of amides is 1. The standard InChI is InChI=1S/C20H19N3O3S/c1-25-16-7-6-14(17(13-16)26-2)11-18(24)23-15-8-10-22-20(12-15)27-19-5-3-4-9-21-19/h3-10,12-13H,11H2,1-2H3,(H,22,23,24). The van der Waals surface area contributed by atoms with E-state index in [1.165, 1.54) is 11.8 Å². The van der Waals surface area contributed by atoms with Gasteiger partial charge in [-0.2, -0.15) is 0 Å². The number of pyridine rings is 2. The molecule has 27 heavy (non-hydrogen) atoms. The van der Waals surface area contributed by atoms with Crippen molar-refractivity contribution in [2.45, 2.75) is 16.5 Å². The van der Waals surface area contributed by atoms with E-state index in [9.17, 15) is 4.79 Å². The van der Waals surface area contributed by atoms with Gasteiger partial charge in [0.1, 0.15) is 21.6 Å². The molecular formula is C20H19N3O3S. The van der Waals surface area contributed by atoms with Gasteiger partial charge in [-0.25, -0.2) is 9.97 Å². The molecule has 0 unspecified atom stereocenters. The zero-order chi connectivity index (χ0) is 19.1. The first-order valence-corrected chi connectivity index (χ1v) is 9.05. The maximum atomic E-state index is 12.4. The highest BCUT2D eigenvalue weighted by molar-refractivity contribution is 7.99. The zero-order valence-electron chi connectivity index (χ0n) is 15.0. The monoisotopic (exact) mass is 381 g/mol. The Hall–Kier alpha value is -3.06. The third-order valence-corrected chi connectivity index (χ3v) is 4.59. The molecular weight excluding hydrogens is 362 g/mol. The number of rotatable bonds is 7. The third-order valence-electron chi connectivity index (χ3n) is 3.71. The molecule has 2 heterocycles. The highest BCUT2D eigenvalue weighted by Gasteiger charge is 2.11. The number of anilines is 1. The predicted molar refractivity (Wildman–Crippen MR) is 104 cm³/mol. The second-order valence-electron chi connectivity index (χ2n) is 5.56. The Labute approximate surface area is 162 Å². The Morgan fingerprint density at radius 1 is 1.00 bits per heavy atom. The quantitative estimate of drug-likeness (QED) is 0.671. The molecule has 3 rings (SSSR count). The fourth-order valence-corrected chi connectivity index (χ4v) is 3.21. The molecule has 3 aromatic rings. The van der Waals surface area contributed by atoms with Crippen LogP contribution in [0.5, 0.6) is 11.5 Å². The summed E-state index contributed by atoms with van der Waals surface area (Å²) in [6.45, 7) is 0. The van der Waals surface area contributed by atoms with E-state index in [2.05, 4.69) is 15.3 Å². The molecule has 1 N–H and O–H groups in total. The lowest BCUT2D eigenvalue weighted by molar-refractivity contribution is -0.115. The van der Waals surface area contributed by atoms with Crippen molar-refractivity contribution in [2.75, 3.05) is 19.5 Å². The SMILES string of the molecule is COc1ccc(CC(=O)Nc2ccnc(Sc3ccccn3)c2)c(OC)c1. The summed E-state index contributed by atoms with van der Waals surface area (Å²) >= 11 is 1.44. The van der Waals surface area contributed by atoms with Crippen LogP contribution in [0, 0.1) is 0 Å². The number of hydrogen-bond acceptors (Lipinski definition) is 6. The summed E-state index contributed by atoms with van der Waals surface area (Å²) in [6, 6.07) is 14.7. The number of methoxy groups -OCH3 is 2. The molecule has 0 spiro atoms. The molecule has 0 fully saturated rings. The van der Waals surface area contributed by atoms with Crippen molar-refractivity contribution in [3.05, 3.63) is 66.5 Å². The van der Waals surface area contributed by atoms with Crippen molar-refractivity contribution in [3.8, 4) is 11.5 Å².